The number of nitrogens with zero attached hydrogens (tertiary/aromatic N) is 1. The van der Waals surface area contributed by atoms with Crippen molar-refractivity contribution in [2.75, 3.05) is 6.54 Å². The van der Waals surface area contributed by atoms with Crippen LogP contribution in [0.15, 0.2) is 29.4 Å². The number of hydrogen-bond donors (Lipinski definition) is 2. The molecule has 0 aliphatic heterocycles. The number of benzene rings is 1. The van der Waals surface area contributed by atoms with Gasteiger partial charge < -0.3 is 15.3 Å². The maximum absolute atomic E-state index is 9.64. The Morgan fingerprint density at radius 3 is 2.58 bits per heavy atom. The highest BCUT2D eigenvalue weighted by Crippen LogP contribution is 2.10. The van der Waals surface area contributed by atoms with E-state index in [1.165, 1.54) is 6.21 Å². The Labute approximate surface area is 119 Å². The predicted octanol–water partition coefficient (Wildman–Crippen LogP) is 2.59. The van der Waals surface area contributed by atoms with Gasteiger partial charge in [0.1, 0.15) is 12.7 Å². The Balaban J connectivity index is 2.24. The number of nitrogens with one attached hydrogen (secondary N) is 1. The Bertz CT molecular complexity index is 399. The minimum Gasteiger partial charge on any atom is -0.391 e. The molecule has 0 fully saturated rings. The first kappa shape index (κ1) is 16.0. The van der Waals surface area contributed by atoms with Crippen LogP contribution in [0.25, 0.3) is 0 Å². The van der Waals surface area contributed by atoms with Crippen LogP contribution in [-0.2, 0) is 11.4 Å². The first-order valence-corrected chi connectivity index (χ1v) is 6.57. The van der Waals surface area contributed by atoms with Crippen LogP contribution in [0, 0.1) is 0 Å². The average molecular weight is 285 g/mol. The largest absolute Gasteiger partial charge is 0.391 e. The van der Waals surface area contributed by atoms with Gasteiger partial charge in [-0.25, -0.2) is 0 Å². The van der Waals surface area contributed by atoms with Crippen LogP contribution in [0.2, 0.25) is 5.02 Å². The molecule has 0 radical (unpaired) electrons. The number of β-amino-alcohol motifs (C(OH)–C–C–N with tert-alkyl or cyclic N) is 1. The fraction of sp³-hybridized carbons (Fsp3) is 0.500. The lowest BCUT2D eigenvalue weighted by Crippen LogP contribution is -2.41. The second-order valence-electron chi connectivity index (χ2n) is 5.35. The summed E-state index contributed by atoms with van der Waals surface area (Å²) in [7, 11) is 0. The molecule has 0 heterocycles. The van der Waals surface area contributed by atoms with Gasteiger partial charge in [0.25, 0.3) is 0 Å². The molecule has 0 saturated heterocycles. The van der Waals surface area contributed by atoms with Gasteiger partial charge in [-0.3, -0.25) is 0 Å². The standard InChI is InChI=1S/C14H21ClN2O2/c1-14(2,3)16-8-13(18)9-17-19-10-11-4-6-12(15)7-5-11/h4-7,9,13,16,18H,8,10H2,1-3H3/b17-9+/t13-/m1/s1. The number of aliphatic hydroxyl groups is 1. The normalized spacial score (nSPS) is 13.7. The second kappa shape index (κ2) is 7.48. The SMILES string of the molecule is CC(C)(C)NC[C@@H](O)/C=N/OCc1ccc(Cl)cc1. The van der Waals surface area contributed by atoms with E-state index in [0.29, 0.717) is 18.2 Å². The fourth-order valence-corrected chi connectivity index (χ4v) is 1.40. The Morgan fingerprint density at radius 2 is 2.00 bits per heavy atom. The molecule has 4 nitrogen and oxygen atoms in total. The van der Waals surface area contributed by atoms with E-state index < -0.39 is 6.10 Å². The van der Waals surface area contributed by atoms with E-state index in [4.69, 9.17) is 16.4 Å². The Hall–Kier alpha value is -1.10. The molecule has 1 aromatic rings. The molecule has 106 valence electrons. The molecule has 0 aliphatic carbocycles. The van der Waals surface area contributed by atoms with Gasteiger partial charge in [-0.2, -0.15) is 0 Å². The molecule has 0 aromatic heterocycles. The molecule has 1 rings (SSSR count). The number of oxime groups is 1. The van der Waals surface area contributed by atoms with E-state index in [1.54, 1.807) is 12.1 Å². The zero-order chi connectivity index (χ0) is 14.3. The third-order valence-corrected chi connectivity index (χ3v) is 2.55. The first-order valence-electron chi connectivity index (χ1n) is 6.20. The molecular weight excluding hydrogens is 264 g/mol. The van der Waals surface area contributed by atoms with E-state index in [1.807, 2.05) is 32.9 Å². The van der Waals surface area contributed by atoms with Gasteiger partial charge in [0.15, 0.2) is 0 Å². The average Bonchev–Trinajstić information content (AvgIpc) is 2.33. The minimum atomic E-state index is -0.663. The maximum atomic E-state index is 9.64. The molecule has 19 heavy (non-hydrogen) atoms. The number of halogens is 1. The van der Waals surface area contributed by atoms with E-state index in [2.05, 4.69) is 10.5 Å². The van der Waals surface area contributed by atoms with Crippen LogP contribution in [0.5, 0.6) is 0 Å². The van der Waals surface area contributed by atoms with Gasteiger partial charge >= 0.3 is 0 Å². The van der Waals surface area contributed by atoms with Crippen molar-refractivity contribution in [3.05, 3.63) is 34.9 Å². The van der Waals surface area contributed by atoms with E-state index >= 15 is 0 Å². The van der Waals surface area contributed by atoms with Crippen molar-refractivity contribution in [2.24, 2.45) is 5.16 Å². The smallest absolute Gasteiger partial charge is 0.142 e. The third kappa shape index (κ3) is 7.82. The third-order valence-electron chi connectivity index (χ3n) is 2.29. The molecule has 0 bridgehead atoms. The summed E-state index contributed by atoms with van der Waals surface area (Å²) >= 11 is 5.78. The summed E-state index contributed by atoms with van der Waals surface area (Å²) in [5.74, 6) is 0. The predicted molar refractivity (Wildman–Crippen MR) is 78.5 cm³/mol. The van der Waals surface area contributed by atoms with Gasteiger partial charge in [-0.1, -0.05) is 28.9 Å². The highest BCUT2D eigenvalue weighted by Gasteiger charge is 2.10. The summed E-state index contributed by atoms with van der Waals surface area (Å²) in [5.41, 5.74) is 0.947. The highest BCUT2D eigenvalue weighted by atomic mass is 35.5. The summed E-state index contributed by atoms with van der Waals surface area (Å²) < 4.78 is 0. The molecule has 0 amide bonds. The van der Waals surface area contributed by atoms with E-state index in [-0.39, 0.29) is 5.54 Å². The fourth-order valence-electron chi connectivity index (χ4n) is 1.27. The highest BCUT2D eigenvalue weighted by molar-refractivity contribution is 6.30. The van der Waals surface area contributed by atoms with E-state index in [9.17, 15) is 5.11 Å². The van der Waals surface area contributed by atoms with Crippen molar-refractivity contribution in [3.63, 3.8) is 0 Å². The van der Waals surface area contributed by atoms with Crippen LogP contribution < -0.4 is 5.32 Å². The van der Waals surface area contributed by atoms with Crippen LogP contribution in [0.1, 0.15) is 26.3 Å². The minimum absolute atomic E-state index is 0.0288. The summed E-state index contributed by atoms with van der Waals surface area (Å²) in [6, 6.07) is 7.34. The van der Waals surface area contributed by atoms with Crippen LogP contribution in [0.3, 0.4) is 0 Å². The van der Waals surface area contributed by atoms with Crippen LogP contribution >= 0.6 is 11.6 Å². The monoisotopic (exact) mass is 284 g/mol. The van der Waals surface area contributed by atoms with E-state index in [0.717, 1.165) is 5.56 Å². The summed E-state index contributed by atoms with van der Waals surface area (Å²) in [4.78, 5) is 5.10. The number of aliphatic hydroxyl groups excluding tert-OH is 1. The molecule has 0 spiro atoms. The van der Waals surface area contributed by atoms with Gasteiger partial charge in [0, 0.05) is 17.1 Å². The molecule has 0 saturated carbocycles. The van der Waals surface area contributed by atoms with Crippen LogP contribution in [-0.4, -0.2) is 29.5 Å². The lowest BCUT2D eigenvalue weighted by Gasteiger charge is -2.21. The van der Waals surface area contributed by atoms with Crippen molar-refractivity contribution < 1.29 is 9.94 Å². The zero-order valence-corrected chi connectivity index (χ0v) is 12.3. The maximum Gasteiger partial charge on any atom is 0.142 e. The van der Waals surface area contributed by atoms with Gasteiger partial charge in [-0.05, 0) is 38.5 Å². The van der Waals surface area contributed by atoms with Crippen molar-refractivity contribution in [3.8, 4) is 0 Å². The molecule has 5 heteroatoms. The second-order valence-corrected chi connectivity index (χ2v) is 5.79. The van der Waals surface area contributed by atoms with Crippen molar-refractivity contribution >= 4 is 17.8 Å². The Kier molecular flexibility index (Phi) is 6.28. The van der Waals surface area contributed by atoms with Crippen molar-refractivity contribution in [1.29, 1.82) is 0 Å². The lowest BCUT2D eigenvalue weighted by atomic mass is 10.1. The van der Waals surface area contributed by atoms with Crippen molar-refractivity contribution in [1.82, 2.24) is 5.32 Å². The Morgan fingerprint density at radius 1 is 1.37 bits per heavy atom. The lowest BCUT2D eigenvalue weighted by molar-refractivity contribution is 0.126. The number of rotatable bonds is 6. The molecule has 1 aromatic carbocycles. The molecular formula is C14H21ClN2O2. The molecule has 1 atom stereocenters. The summed E-state index contributed by atoms with van der Waals surface area (Å²) in [6.07, 6.45) is 0.721. The van der Waals surface area contributed by atoms with Gasteiger partial charge in [0.05, 0.1) is 6.21 Å². The summed E-state index contributed by atoms with van der Waals surface area (Å²) in [6.45, 7) is 6.90. The summed E-state index contributed by atoms with van der Waals surface area (Å²) in [5, 5.41) is 17.2. The molecule has 2 N–H and O–H groups in total. The zero-order valence-electron chi connectivity index (χ0n) is 11.6. The van der Waals surface area contributed by atoms with Crippen molar-refractivity contribution in [2.45, 2.75) is 39.0 Å². The quantitative estimate of drug-likeness (QED) is 0.624. The first-order chi connectivity index (χ1) is 8.87. The number of hydrogen-bond acceptors (Lipinski definition) is 4. The van der Waals surface area contributed by atoms with Gasteiger partial charge in [-0.15, -0.1) is 0 Å². The molecule has 0 unspecified atom stereocenters. The van der Waals surface area contributed by atoms with Crippen LogP contribution in [0.4, 0.5) is 0 Å². The molecule has 0 aliphatic rings. The van der Waals surface area contributed by atoms with Gasteiger partial charge in [0.2, 0.25) is 0 Å². The topological polar surface area (TPSA) is 53.8 Å².